The molecule has 0 aliphatic rings. The first-order chi connectivity index (χ1) is 6.25. The highest BCUT2D eigenvalue weighted by molar-refractivity contribution is 5.85. The average Bonchev–Trinajstić information content (AvgIpc) is 2.00. The van der Waals surface area contributed by atoms with Gasteiger partial charge in [-0.15, -0.1) is 12.4 Å². The van der Waals surface area contributed by atoms with Crippen molar-refractivity contribution in [2.45, 2.75) is 26.8 Å². The van der Waals surface area contributed by atoms with Crippen molar-refractivity contribution in [3.8, 4) is 0 Å². The number of hydrogen-bond acceptors (Lipinski definition) is 3. The summed E-state index contributed by atoms with van der Waals surface area (Å²) in [6, 6.07) is -0.440. The van der Waals surface area contributed by atoms with Gasteiger partial charge in [-0.05, 0) is 19.5 Å². The zero-order valence-electron chi connectivity index (χ0n) is 10.3. The van der Waals surface area contributed by atoms with Gasteiger partial charge in [0.1, 0.15) is 0 Å². The Labute approximate surface area is 99.0 Å². The van der Waals surface area contributed by atoms with Gasteiger partial charge in [-0.25, -0.2) is 0 Å². The molecule has 5 heteroatoms. The molecular formula is C10H24ClN3O. The van der Waals surface area contributed by atoms with Crippen LogP contribution in [-0.2, 0) is 4.79 Å². The maximum atomic E-state index is 11.5. The molecule has 0 aromatic carbocycles. The van der Waals surface area contributed by atoms with E-state index >= 15 is 0 Å². The zero-order valence-corrected chi connectivity index (χ0v) is 11.1. The van der Waals surface area contributed by atoms with Crippen molar-refractivity contribution in [3.05, 3.63) is 0 Å². The van der Waals surface area contributed by atoms with E-state index in [1.807, 2.05) is 39.8 Å². The molecule has 0 aliphatic carbocycles. The second kappa shape index (κ2) is 7.04. The first kappa shape index (κ1) is 17.1. The fourth-order valence-corrected chi connectivity index (χ4v) is 0.906. The molecule has 0 radical (unpaired) electrons. The molecule has 0 rings (SSSR count). The fourth-order valence-electron chi connectivity index (χ4n) is 0.906. The fraction of sp³-hybridized carbons (Fsp3) is 0.900. The third kappa shape index (κ3) is 7.59. The van der Waals surface area contributed by atoms with Crippen molar-refractivity contribution in [1.82, 2.24) is 10.2 Å². The smallest absolute Gasteiger partial charge is 0.237 e. The molecule has 0 aliphatic heterocycles. The van der Waals surface area contributed by atoms with E-state index in [-0.39, 0.29) is 23.7 Å². The minimum absolute atomic E-state index is 0. The van der Waals surface area contributed by atoms with Gasteiger partial charge in [0.25, 0.3) is 0 Å². The second-order valence-electron chi connectivity index (χ2n) is 4.94. The number of amides is 1. The van der Waals surface area contributed by atoms with Crippen LogP contribution >= 0.6 is 12.4 Å². The van der Waals surface area contributed by atoms with Crippen LogP contribution in [0.25, 0.3) is 0 Å². The molecule has 15 heavy (non-hydrogen) atoms. The van der Waals surface area contributed by atoms with Gasteiger partial charge in [-0.2, -0.15) is 0 Å². The van der Waals surface area contributed by atoms with Crippen LogP contribution in [0.2, 0.25) is 0 Å². The van der Waals surface area contributed by atoms with Crippen molar-refractivity contribution in [2.75, 3.05) is 27.2 Å². The summed E-state index contributed by atoms with van der Waals surface area (Å²) in [7, 11) is 3.94. The van der Waals surface area contributed by atoms with Crippen molar-refractivity contribution >= 4 is 18.3 Å². The summed E-state index contributed by atoms with van der Waals surface area (Å²) >= 11 is 0. The quantitative estimate of drug-likeness (QED) is 0.747. The zero-order chi connectivity index (χ0) is 11.4. The summed E-state index contributed by atoms with van der Waals surface area (Å²) in [6.45, 7) is 7.37. The lowest BCUT2D eigenvalue weighted by Gasteiger charge is -2.26. The van der Waals surface area contributed by atoms with Gasteiger partial charge in [-0.3, -0.25) is 4.79 Å². The van der Waals surface area contributed by atoms with E-state index in [2.05, 4.69) is 5.32 Å². The minimum atomic E-state index is -0.440. The van der Waals surface area contributed by atoms with Gasteiger partial charge >= 0.3 is 0 Å². The summed E-state index contributed by atoms with van der Waals surface area (Å²) in [5, 5.41) is 2.81. The Morgan fingerprint density at radius 3 is 2.20 bits per heavy atom. The van der Waals surface area contributed by atoms with Gasteiger partial charge in [0.2, 0.25) is 5.91 Å². The van der Waals surface area contributed by atoms with Crippen LogP contribution in [0.4, 0.5) is 0 Å². The molecule has 4 nitrogen and oxygen atoms in total. The van der Waals surface area contributed by atoms with Crippen molar-refractivity contribution in [1.29, 1.82) is 0 Å². The molecule has 0 saturated carbocycles. The van der Waals surface area contributed by atoms with Gasteiger partial charge in [0, 0.05) is 13.1 Å². The molecule has 0 aromatic heterocycles. The summed E-state index contributed by atoms with van der Waals surface area (Å²) in [5.74, 6) is -0.0700. The van der Waals surface area contributed by atoms with Crippen LogP contribution in [0.5, 0.6) is 0 Å². The lowest BCUT2D eigenvalue weighted by molar-refractivity contribution is -0.124. The summed E-state index contributed by atoms with van der Waals surface area (Å²) in [4.78, 5) is 13.5. The molecule has 0 unspecified atom stereocenters. The summed E-state index contributed by atoms with van der Waals surface area (Å²) in [6.07, 6.45) is 0. The third-order valence-corrected chi connectivity index (χ3v) is 2.07. The number of carbonyl (C=O) groups is 1. The molecule has 3 N–H and O–H groups in total. The van der Waals surface area contributed by atoms with Crippen molar-refractivity contribution in [3.63, 3.8) is 0 Å². The molecule has 0 fully saturated rings. The van der Waals surface area contributed by atoms with E-state index in [1.54, 1.807) is 0 Å². The lowest BCUT2D eigenvalue weighted by Crippen LogP contribution is -2.49. The van der Waals surface area contributed by atoms with E-state index in [0.717, 1.165) is 6.54 Å². The van der Waals surface area contributed by atoms with Crippen LogP contribution in [0.1, 0.15) is 20.8 Å². The Morgan fingerprint density at radius 1 is 1.40 bits per heavy atom. The largest absolute Gasteiger partial charge is 0.353 e. The molecule has 0 saturated heterocycles. The lowest BCUT2D eigenvalue weighted by atomic mass is 9.87. The number of carbonyl (C=O) groups excluding carboxylic acids is 1. The van der Waals surface area contributed by atoms with Gasteiger partial charge in [-0.1, -0.05) is 20.8 Å². The van der Waals surface area contributed by atoms with Crippen molar-refractivity contribution < 1.29 is 4.79 Å². The number of nitrogens with one attached hydrogen (secondary N) is 1. The Hall–Kier alpha value is -0.320. The third-order valence-electron chi connectivity index (χ3n) is 2.07. The summed E-state index contributed by atoms with van der Waals surface area (Å²) in [5.41, 5.74) is 5.61. The van der Waals surface area contributed by atoms with E-state index < -0.39 is 6.04 Å². The van der Waals surface area contributed by atoms with Crippen LogP contribution in [0, 0.1) is 5.41 Å². The number of likely N-dealkylation sites (N-methyl/N-ethyl adjacent to an activating group) is 1. The van der Waals surface area contributed by atoms with Crippen LogP contribution in [0.3, 0.4) is 0 Å². The Kier molecular flexibility index (Phi) is 8.02. The van der Waals surface area contributed by atoms with Crippen LogP contribution in [0.15, 0.2) is 0 Å². The monoisotopic (exact) mass is 237 g/mol. The molecule has 0 bridgehead atoms. The van der Waals surface area contributed by atoms with Gasteiger partial charge < -0.3 is 16.0 Å². The summed E-state index contributed by atoms with van der Waals surface area (Å²) < 4.78 is 0. The van der Waals surface area contributed by atoms with Crippen LogP contribution < -0.4 is 11.1 Å². The maximum absolute atomic E-state index is 11.5. The first-order valence-electron chi connectivity index (χ1n) is 4.93. The molecule has 1 amide bonds. The molecular weight excluding hydrogens is 214 g/mol. The first-order valence-corrected chi connectivity index (χ1v) is 4.93. The predicted octanol–water partition coefficient (Wildman–Crippen LogP) is 0.459. The molecule has 0 spiro atoms. The number of nitrogens with zero attached hydrogens (tertiary/aromatic N) is 1. The highest BCUT2D eigenvalue weighted by Gasteiger charge is 2.26. The highest BCUT2D eigenvalue weighted by atomic mass is 35.5. The molecule has 0 aromatic rings. The van der Waals surface area contributed by atoms with E-state index in [1.165, 1.54) is 0 Å². The molecule has 92 valence electrons. The Bertz CT molecular complexity index is 190. The topological polar surface area (TPSA) is 58.4 Å². The van der Waals surface area contributed by atoms with E-state index in [9.17, 15) is 4.79 Å². The SMILES string of the molecule is CN(C)CCNC(=O)[C@@H](N)C(C)(C)C.Cl. The second-order valence-corrected chi connectivity index (χ2v) is 4.94. The molecule has 0 heterocycles. The maximum Gasteiger partial charge on any atom is 0.237 e. The number of hydrogen-bond donors (Lipinski definition) is 2. The van der Waals surface area contributed by atoms with Gasteiger partial charge in [0.15, 0.2) is 0 Å². The Balaban J connectivity index is 0. The number of halogens is 1. The number of nitrogens with two attached hydrogens (primary N) is 1. The van der Waals surface area contributed by atoms with E-state index in [0.29, 0.717) is 6.54 Å². The van der Waals surface area contributed by atoms with Crippen LogP contribution in [-0.4, -0.2) is 44.0 Å². The van der Waals surface area contributed by atoms with E-state index in [4.69, 9.17) is 5.73 Å². The predicted molar refractivity (Wildman–Crippen MR) is 66.2 cm³/mol. The Morgan fingerprint density at radius 2 is 1.87 bits per heavy atom. The average molecular weight is 238 g/mol. The molecule has 1 atom stereocenters. The van der Waals surface area contributed by atoms with Gasteiger partial charge in [0.05, 0.1) is 6.04 Å². The normalized spacial score (nSPS) is 13.3. The standard InChI is InChI=1S/C10H23N3O.ClH/c1-10(2,3)8(11)9(14)12-6-7-13(4)5;/h8H,6-7,11H2,1-5H3,(H,12,14);1H/t8-;/m1./s1. The minimum Gasteiger partial charge on any atom is -0.353 e. The number of rotatable bonds is 4. The highest BCUT2D eigenvalue weighted by Crippen LogP contribution is 2.16. The van der Waals surface area contributed by atoms with Crippen molar-refractivity contribution in [2.24, 2.45) is 11.1 Å².